The normalized spacial score (nSPS) is 18.1. The summed E-state index contributed by atoms with van der Waals surface area (Å²) in [5, 5.41) is 2.20. The topological polar surface area (TPSA) is 3.24 Å². The lowest BCUT2D eigenvalue weighted by molar-refractivity contribution is 0.189. The third-order valence-corrected chi connectivity index (χ3v) is 5.06. The third-order valence-electron chi connectivity index (χ3n) is 3.96. The fourth-order valence-electron chi connectivity index (χ4n) is 2.97. The number of hydrogen-bond acceptors (Lipinski definition) is 2. The summed E-state index contributed by atoms with van der Waals surface area (Å²) in [6.07, 6.45) is 3.86. The van der Waals surface area contributed by atoms with E-state index >= 15 is 0 Å². The van der Waals surface area contributed by atoms with Gasteiger partial charge in [-0.15, -0.1) is 11.3 Å². The second-order valence-electron chi connectivity index (χ2n) is 5.58. The fourth-order valence-corrected chi connectivity index (χ4v) is 4.03. The maximum atomic E-state index is 13.2. The highest BCUT2D eigenvalue weighted by Crippen LogP contribution is 2.34. The molecule has 2 heterocycles. The minimum atomic E-state index is -0.159. The molecule has 1 unspecified atom stereocenters. The molecule has 0 saturated carbocycles. The molecule has 1 fully saturated rings. The number of benzene rings is 1. The monoisotopic (exact) mass is 289 g/mol. The van der Waals surface area contributed by atoms with Gasteiger partial charge in [0.2, 0.25) is 0 Å². The van der Waals surface area contributed by atoms with Gasteiger partial charge in [0.05, 0.1) is 6.04 Å². The number of halogens is 1. The number of nitrogens with zero attached hydrogens (tertiary/aromatic N) is 1. The van der Waals surface area contributed by atoms with Gasteiger partial charge in [-0.1, -0.05) is 18.6 Å². The molecule has 1 aromatic heterocycles. The summed E-state index contributed by atoms with van der Waals surface area (Å²) < 4.78 is 13.2. The molecular formula is C17H20FNS. The van der Waals surface area contributed by atoms with Gasteiger partial charge < -0.3 is 0 Å². The minimum Gasteiger partial charge on any atom is -0.292 e. The van der Waals surface area contributed by atoms with Crippen LogP contribution in [0.5, 0.6) is 0 Å². The predicted octanol–water partition coefficient (Wildman–Crippen LogP) is 4.77. The lowest BCUT2D eigenvalue weighted by Gasteiger charge is -2.34. The van der Waals surface area contributed by atoms with Crippen LogP contribution in [0.4, 0.5) is 4.39 Å². The van der Waals surface area contributed by atoms with Gasteiger partial charge in [0.25, 0.3) is 0 Å². The number of piperidine rings is 1. The highest BCUT2D eigenvalue weighted by molar-refractivity contribution is 7.10. The SMILES string of the molecule is Cc1csc(C(c2ccc(F)cc2)N2CCCCC2)c1. The first-order valence-corrected chi connectivity index (χ1v) is 8.16. The van der Waals surface area contributed by atoms with Crippen LogP contribution in [0, 0.1) is 12.7 Å². The number of aryl methyl sites for hydroxylation is 1. The number of thiophene rings is 1. The Morgan fingerprint density at radius 2 is 1.80 bits per heavy atom. The molecule has 1 nitrogen and oxygen atoms in total. The van der Waals surface area contributed by atoms with Crippen molar-refractivity contribution in [3.8, 4) is 0 Å². The minimum absolute atomic E-state index is 0.159. The lowest BCUT2D eigenvalue weighted by Crippen LogP contribution is -2.34. The van der Waals surface area contributed by atoms with Crippen molar-refractivity contribution in [1.82, 2.24) is 4.90 Å². The molecular weight excluding hydrogens is 269 g/mol. The second kappa shape index (κ2) is 6.06. The van der Waals surface area contributed by atoms with Crippen molar-refractivity contribution >= 4 is 11.3 Å². The second-order valence-corrected chi connectivity index (χ2v) is 6.52. The molecule has 106 valence electrons. The number of hydrogen-bond donors (Lipinski definition) is 0. The molecule has 0 N–H and O–H groups in total. The van der Waals surface area contributed by atoms with Crippen LogP contribution in [0.25, 0.3) is 0 Å². The average molecular weight is 289 g/mol. The quantitative estimate of drug-likeness (QED) is 0.786. The van der Waals surface area contributed by atoms with Crippen molar-refractivity contribution in [2.45, 2.75) is 32.2 Å². The molecule has 3 rings (SSSR count). The summed E-state index contributed by atoms with van der Waals surface area (Å²) in [6, 6.07) is 9.58. The van der Waals surface area contributed by atoms with Gasteiger partial charge >= 0.3 is 0 Å². The van der Waals surface area contributed by atoms with Gasteiger partial charge in [-0.25, -0.2) is 4.39 Å². The summed E-state index contributed by atoms with van der Waals surface area (Å²) in [5.41, 5.74) is 2.52. The Morgan fingerprint density at radius 3 is 2.40 bits per heavy atom. The van der Waals surface area contributed by atoms with Crippen LogP contribution in [-0.4, -0.2) is 18.0 Å². The molecule has 1 aliphatic heterocycles. The molecule has 0 bridgehead atoms. The van der Waals surface area contributed by atoms with E-state index in [9.17, 15) is 4.39 Å². The van der Waals surface area contributed by atoms with E-state index in [2.05, 4.69) is 23.3 Å². The summed E-state index contributed by atoms with van der Waals surface area (Å²) >= 11 is 1.81. The van der Waals surface area contributed by atoms with Gasteiger partial charge in [-0.3, -0.25) is 4.90 Å². The Morgan fingerprint density at radius 1 is 1.10 bits per heavy atom. The van der Waals surface area contributed by atoms with Gasteiger partial charge in [-0.05, 0) is 67.6 Å². The van der Waals surface area contributed by atoms with Crippen LogP contribution >= 0.6 is 11.3 Å². The maximum Gasteiger partial charge on any atom is 0.123 e. The molecule has 1 atom stereocenters. The summed E-state index contributed by atoms with van der Waals surface area (Å²) in [6.45, 7) is 4.41. The van der Waals surface area contributed by atoms with Crippen molar-refractivity contribution in [2.75, 3.05) is 13.1 Å². The Hall–Kier alpha value is -1.19. The van der Waals surface area contributed by atoms with Gasteiger partial charge in [-0.2, -0.15) is 0 Å². The first kappa shape index (κ1) is 13.8. The van der Waals surface area contributed by atoms with E-state index in [0.717, 1.165) is 13.1 Å². The van der Waals surface area contributed by atoms with Gasteiger partial charge in [0, 0.05) is 4.88 Å². The average Bonchev–Trinajstić information content (AvgIpc) is 2.89. The number of rotatable bonds is 3. The van der Waals surface area contributed by atoms with E-state index < -0.39 is 0 Å². The van der Waals surface area contributed by atoms with E-state index in [1.807, 2.05) is 23.5 Å². The molecule has 1 saturated heterocycles. The Balaban J connectivity index is 1.95. The Bertz CT molecular complexity index is 555. The lowest BCUT2D eigenvalue weighted by atomic mass is 10.00. The van der Waals surface area contributed by atoms with E-state index in [0.29, 0.717) is 0 Å². The van der Waals surface area contributed by atoms with E-state index in [1.165, 1.54) is 35.3 Å². The molecule has 0 aliphatic carbocycles. The van der Waals surface area contributed by atoms with E-state index in [-0.39, 0.29) is 11.9 Å². The van der Waals surface area contributed by atoms with Crippen molar-refractivity contribution in [3.63, 3.8) is 0 Å². The smallest absolute Gasteiger partial charge is 0.123 e. The van der Waals surface area contributed by atoms with Crippen molar-refractivity contribution in [2.24, 2.45) is 0 Å². The fraction of sp³-hybridized carbons (Fsp3) is 0.412. The summed E-state index contributed by atoms with van der Waals surface area (Å²) in [4.78, 5) is 3.91. The Labute approximate surface area is 124 Å². The van der Waals surface area contributed by atoms with Gasteiger partial charge in [0.1, 0.15) is 5.82 Å². The summed E-state index contributed by atoms with van der Waals surface area (Å²) in [7, 11) is 0. The highest BCUT2D eigenvalue weighted by atomic mass is 32.1. The van der Waals surface area contributed by atoms with Crippen LogP contribution in [0.15, 0.2) is 35.7 Å². The molecule has 1 aliphatic rings. The molecule has 20 heavy (non-hydrogen) atoms. The predicted molar refractivity (Wildman–Crippen MR) is 82.7 cm³/mol. The molecule has 2 aromatic rings. The largest absolute Gasteiger partial charge is 0.292 e. The highest BCUT2D eigenvalue weighted by Gasteiger charge is 2.25. The van der Waals surface area contributed by atoms with E-state index in [1.54, 1.807) is 12.1 Å². The van der Waals surface area contributed by atoms with E-state index in [4.69, 9.17) is 0 Å². The van der Waals surface area contributed by atoms with Gasteiger partial charge in [0.15, 0.2) is 0 Å². The van der Waals surface area contributed by atoms with Crippen LogP contribution < -0.4 is 0 Å². The van der Waals surface area contributed by atoms with Crippen LogP contribution in [0.1, 0.15) is 41.3 Å². The number of likely N-dealkylation sites (tertiary alicyclic amines) is 1. The summed E-state index contributed by atoms with van der Waals surface area (Å²) in [5.74, 6) is -0.159. The Kier molecular flexibility index (Phi) is 4.18. The standard InChI is InChI=1S/C17H20FNS/c1-13-11-16(20-12-13)17(19-9-3-2-4-10-19)14-5-7-15(18)8-6-14/h5-8,11-12,17H,2-4,9-10H2,1H3. The van der Waals surface area contributed by atoms with Crippen molar-refractivity contribution < 1.29 is 4.39 Å². The molecule has 1 aromatic carbocycles. The molecule has 0 spiro atoms. The van der Waals surface area contributed by atoms with Crippen LogP contribution in [0.2, 0.25) is 0 Å². The van der Waals surface area contributed by atoms with Crippen molar-refractivity contribution in [1.29, 1.82) is 0 Å². The zero-order valence-electron chi connectivity index (χ0n) is 11.8. The third kappa shape index (κ3) is 2.94. The zero-order valence-corrected chi connectivity index (χ0v) is 12.6. The van der Waals surface area contributed by atoms with Crippen molar-refractivity contribution in [3.05, 3.63) is 57.5 Å². The first-order valence-electron chi connectivity index (χ1n) is 7.28. The maximum absolute atomic E-state index is 13.2. The molecule has 0 amide bonds. The first-order chi connectivity index (χ1) is 9.74. The molecule has 3 heteroatoms. The zero-order chi connectivity index (χ0) is 13.9. The molecule has 0 radical (unpaired) electrons. The van der Waals surface area contributed by atoms with Crippen LogP contribution in [0.3, 0.4) is 0 Å². The van der Waals surface area contributed by atoms with Crippen LogP contribution in [-0.2, 0) is 0 Å².